The van der Waals surface area contributed by atoms with E-state index in [0.717, 1.165) is 28.3 Å². The van der Waals surface area contributed by atoms with E-state index < -0.39 is 0 Å². The van der Waals surface area contributed by atoms with Crippen LogP contribution in [-0.4, -0.2) is 47.4 Å². The predicted octanol–water partition coefficient (Wildman–Crippen LogP) is 4.81. The lowest BCUT2D eigenvalue weighted by atomic mass is 10.1. The van der Waals surface area contributed by atoms with E-state index in [0.29, 0.717) is 34.5 Å². The van der Waals surface area contributed by atoms with Gasteiger partial charge in [-0.1, -0.05) is 29.8 Å². The third-order valence-electron chi connectivity index (χ3n) is 6.30. The molecule has 3 atom stereocenters. The minimum Gasteiger partial charge on any atom is -0.497 e. The van der Waals surface area contributed by atoms with Crippen LogP contribution in [0.3, 0.4) is 0 Å². The molecule has 0 spiro atoms. The van der Waals surface area contributed by atoms with E-state index in [4.69, 9.17) is 16.3 Å². The molecule has 2 fully saturated rings. The second-order valence-electron chi connectivity index (χ2n) is 8.53. The number of hydrogen-bond donors (Lipinski definition) is 1. The Morgan fingerprint density at radius 3 is 2.82 bits per heavy atom. The molecule has 8 heteroatoms. The molecule has 6 nitrogen and oxygen atoms in total. The second kappa shape index (κ2) is 8.80. The van der Waals surface area contributed by atoms with Gasteiger partial charge in [0.05, 0.1) is 23.0 Å². The number of fused-ring (bicyclic) bond motifs is 1. The predicted molar refractivity (Wildman–Crippen MR) is 129 cm³/mol. The summed E-state index contributed by atoms with van der Waals surface area (Å²) in [6.45, 7) is 2.32. The molecule has 1 saturated carbocycles. The highest BCUT2D eigenvalue weighted by Gasteiger charge is 2.54. The first-order valence-corrected chi connectivity index (χ1v) is 12.1. The van der Waals surface area contributed by atoms with Gasteiger partial charge in [-0.05, 0) is 61.6 Å². The molecule has 2 aromatic carbocycles. The molecule has 0 bridgehead atoms. The van der Waals surface area contributed by atoms with Crippen LogP contribution in [0.5, 0.6) is 5.75 Å². The van der Waals surface area contributed by atoms with Crippen LogP contribution >= 0.6 is 22.9 Å². The number of methoxy groups -OCH3 is 1. The van der Waals surface area contributed by atoms with Crippen LogP contribution in [0.2, 0.25) is 5.02 Å². The lowest BCUT2D eigenvalue weighted by Crippen LogP contribution is -2.45. The Balaban J connectivity index is 1.35. The van der Waals surface area contributed by atoms with Crippen molar-refractivity contribution in [1.29, 1.82) is 0 Å². The number of aromatic nitrogens is 1. The number of likely N-dealkylation sites (tertiary alicyclic amines) is 1. The van der Waals surface area contributed by atoms with Crippen molar-refractivity contribution in [2.75, 3.05) is 13.7 Å². The van der Waals surface area contributed by atoms with E-state index in [-0.39, 0.29) is 23.9 Å². The molecule has 0 unspecified atom stereocenters. The SMILES string of the molecule is COc1cccc(C(=O)NC[C@@H]2C[C@@H]3C[C@@H]3N2C(=O)c2nc(C)sc2-c2cccc(Cl)c2)c1. The third kappa shape index (κ3) is 4.35. The zero-order valence-electron chi connectivity index (χ0n) is 18.4. The van der Waals surface area contributed by atoms with Gasteiger partial charge in [-0.2, -0.15) is 0 Å². The van der Waals surface area contributed by atoms with E-state index in [2.05, 4.69) is 10.3 Å². The van der Waals surface area contributed by atoms with Gasteiger partial charge in [0.2, 0.25) is 0 Å². The number of benzene rings is 2. The Labute approximate surface area is 201 Å². The number of hydrogen-bond acceptors (Lipinski definition) is 5. The van der Waals surface area contributed by atoms with Gasteiger partial charge in [-0.25, -0.2) is 4.98 Å². The first-order chi connectivity index (χ1) is 15.9. The van der Waals surface area contributed by atoms with Gasteiger partial charge in [0.1, 0.15) is 11.4 Å². The van der Waals surface area contributed by atoms with Gasteiger partial charge in [0.15, 0.2) is 0 Å². The Morgan fingerprint density at radius 2 is 2.03 bits per heavy atom. The number of amides is 2. The number of rotatable bonds is 6. The summed E-state index contributed by atoms with van der Waals surface area (Å²) in [5, 5.41) is 4.46. The highest BCUT2D eigenvalue weighted by molar-refractivity contribution is 7.15. The molecule has 1 aromatic heterocycles. The third-order valence-corrected chi connectivity index (χ3v) is 7.55. The summed E-state index contributed by atoms with van der Waals surface area (Å²) in [7, 11) is 1.57. The molecule has 170 valence electrons. The molecule has 1 aliphatic heterocycles. The summed E-state index contributed by atoms with van der Waals surface area (Å²) >= 11 is 7.69. The Hall–Kier alpha value is -2.90. The van der Waals surface area contributed by atoms with Crippen LogP contribution in [0.4, 0.5) is 0 Å². The van der Waals surface area contributed by atoms with Gasteiger partial charge in [-0.3, -0.25) is 9.59 Å². The normalized spacial score (nSPS) is 20.9. The molecule has 33 heavy (non-hydrogen) atoms. The molecule has 2 aliphatic rings. The maximum atomic E-state index is 13.7. The largest absolute Gasteiger partial charge is 0.497 e. The Bertz CT molecular complexity index is 1230. The van der Waals surface area contributed by atoms with E-state index >= 15 is 0 Å². The quantitative estimate of drug-likeness (QED) is 0.548. The number of nitrogens with one attached hydrogen (secondary N) is 1. The van der Waals surface area contributed by atoms with E-state index in [1.165, 1.54) is 11.3 Å². The average Bonchev–Trinajstić information content (AvgIpc) is 3.31. The molecule has 1 aliphatic carbocycles. The highest BCUT2D eigenvalue weighted by Crippen LogP contribution is 2.48. The van der Waals surface area contributed by atoms with Crippen molar-refractivity contribution in [1.82, 2.24) is 15.2 Å². The van der Waals surface area contributed by atoms with E-state index in [1.807, 2.05) is 36.1 Å². The van der Waals surface area contributed by atoms with Crippen molar-refractivity contribution in [2.24, 2.45) is 5.92 Å². The maximum Gasteiger partial charge on any atom is 0.274 e. The summed E-state index contributed by atoms with van der Waals surface area (Å²) in [5.74, 6) is 0.891. The summed E-state index contributed by atoms with van der Waals surface area (Å²) in [6, 6.07) is 14.7. The topological polar surface area (TPSA) is 71.5 Å². The molecule has 5 rings (SSSR count). The molecule has 0 radical (unpaired) electrons. The first kappa shape index (κ1) is 21.9. The summed E-state index contributed by atoms with van der Waals surface area (Å²) < 4.78 is 5.21. The number of nitrogens with zero attached hydrogens (tertiary/aromatic N) is 2. The Kier molecular flexibility index (Phi) is 5.85. The van der Waals surface area contributed by atoms with Gasteiger partial charge >= 0.3 is 0 Å². The number of carbonyl (C=O) groups excluding carboxylic acids is 2. The first-order valence-electron chi connectivity index (χ1n) is 10.9. The van der Waals surface area contributed by atoms with Crippen molar-refractivity contribution < 1.29 is 14.3 Å². The second-order valence-corrected chi connectivity index (χ2v) is 10.2. The Morgan fingerprint density at radius 1 is 1.21 bits per heavy atom. The summed E-state index contributed by atoms with van der Waals surface area (Å²) in [6.07, 6.45) is 1.91. The smallest absolute Gasteiger partial charge is 0.274 e. The van der Waals surface area contributed by atoms with Gasteiger partial charge in [-0.15, -0.1) is 11.3 Å². The van der Waals surface area contributed by atoms with Crippen LogP contribution in [0.1, 0.15) is 38.7 Å². The van der Waals surface area contributed by atoms with Crippen molar-refractivity contribution >= 4 is 34.8 Å². The minimum atomic E-state index is -0.175. The van der Waals surface area contributed by atoms with Crippen LogP contribution < -0.4 is 10.1 Å². The number of halogens is 1. The average molecular weight is 482 g/mol. The lowest BCUT2D eigenvalue weighted by molar-refractivity contribution is 0.0684. The van der Waals surface area contributed by atoms with Gasteiger partial charge < -0.3 is 15.0 Å². The molecule has 1 N–H and O–H groups in total. The molecule has 2 heterocycles. The lowest BCUT2D eigenvalue weighted by Gasteiger charge is -2.27. The summed E-state index contributed by atoms with van der Waals surface area (Å²) in [5.41, 5.74) is 1.90. The fraction of sp³-hybridized carbons (Fsp3) is 0.320. The van der Waals surface area contributed by atoms with Crippen molar-refractivity contribution in [3.63, 3.8) is 0 Å². The fourth-order valence-electron chi connectivity index (χ4n) is 4.65. The number of piperidine rings is 1. The monoisotopic (exact) mass is 481 g/mol. The molecular formula is C25H24ClN3O3S. The van der Waals surface area contributed by atoms with Crippen LogP contribution in [0, 0.1) is 12.8 Å². The number of thiazole rings is 1. The van der Waals surface area contributed by atoms with E-state index in [9.17, 15) is 9.59 Å². The molecular weight excluding hydrogens is 458 g/mol. The zero-order valence-corrected chi connectivity index (χ0v) is 19.9. The van der Waals surface area contributed by atoms with Crippen LogP contribution in [-0.2, 0) is 0 Å². The van der Waals surface area contributed by atoms with Crippen LogP contribution in [0.15, 0.2) is 48.5 Å². The number of aryl methyl sites for hydroxylation is 1. The minimum absolute atomic E-state index is 0.0509. The van der Waals surface area contributed by atoms with Crippen molar-refractivity contribution in [3.05, 3.63) is 69.8 Å². The standard InChI is InChI=1S/C25H24ClN3O3S/c1-14-28-22(23(33-14)15-5-3-7-18(26)9-15)25(31)29-19(10-17-12-21(17)29)13-27-24(30)16-6-4-8-20(11-16)32-2/h3-9,11,17,19,21H,10,12-13H2,1-2H3,(H,27,30)/t17-,19+,21+/m1/s1. The van der Waals surface area contributed by atoms with Crippen molar-refractivity contribution in [3.8, 4) is 16.2 Å². The van der Waals surface area contributed by atoms with Gasteiger partial charge in [0.25, 0.3) is 11.8 Å². The maximum absolute atomic E-state index is 13.7. The number of carbonyl (C=O) groups is 2. The highest BCUT2D eigenvalue weighted by atomic mass is 35.5. The van der Waals surface area contributed by atoms with Crippen LogP contribution in [0.25, 0.3) is 10.4 Å². The van der Waals surface area contributed by atoms with Crippen molar-refractivity contribution in [2.45, 2.75) is 31.8 Å². The zero-order chi connectivity index (χ0) is 23.1. The van der Waals surface area contributed by atoms with Gasteiger partial charge in [0, 0.05) is 23.2 Å². The molecule has 3 aromatic rings. The fourth-order valence-corrected chi connectivity index (χ4v) is 5.75. The molecule has 1 saturated heterocycles. The van der Waals surface area contributed by atoms with E-state index in [1.54, 1.807) is 31.4 Å². The summed E-state index contributed by atoms with van der Waals surface area (Å²) in [4.78, 5) is 33.8. The molecule has 2 amide bonds. The number of ether oxygens (including phenoxy) is 1.